The summed E-state index contributed by atoms with van der Waals surface area (Å²) in [5, 5.41) is 9.55. The second kappa shape index (κ2) is 5.52. The lowest BCUT2D eigenvalue weighted by atomic mass is 9.98. The Balaban J connectivity index is 2.35. The molecule has 2 rings (SSSR count). The van der Waals surface area contributed by atoms with E-state index in [4.69, 9.17) is 16.9 Å². The van der Waals surface area contributed by atoms with Gasteiger partial charge in [-0.05, 0) is 29.2 Å². The molecule has 2 aromatic rings. The Morgan fingerprint density at radius 3 is 2.47 bits per heavy atom. The van der Waals surface area contributed by atoms with Crippen molar-refractivity contribution in [3.8, 4) is 6.07 Å². The van der Waals surface area contributed by atoms with Gasteiger partial charge < -0.3 is 0 Å². The lowest BCUT2D eigenvalue weighted by Crippen LogP contribution is -1.96. The molecule has 0 bridgehead atoms. The number of nitrogens with zero attached hydrogens (tertiary/aromatic N) is 1. The van der Waals surface area contributed by atoms with E-state index >= 15 is 0 Å². The van der Waals surface area contributed by atoms with Gasteiger partial charge in [0.2, 0.25) is 0 Å². The Hall–Kier alpha value is -1.78. The Morgan fingerprint density at radius 2 is 1.76 bits per heavy atom. The fraction of sp³-hybridized carbons (Fsp3) is 0.133. The summed E-state index contributed by atoms with van der Waals surface area (Å²) in [4.78, 5) is 0. The van der Waals surface area contributed by atoms with Crippen LogP contribution in [-0.2, 0) is 12.8 Å². The molecule has 0 unspecified atom stereocenters. The quantitative estimate of drug-likeness (QED) is 0.797. The Kier molecular flexibility index (Phi) is 3.80. The summed E-state index contributed by atoms with van der Waals surface area (Å²) in [5.41, 5.74) is 3.28. The summed E-state index contributed by atoms with van der Waals surface area (Å²) in [5.74, 6) is 0. The van der Waals surface area contributed by atoms with E-state index < -0.39 is 0 Å². The molecule has 0 saturated heterocycles. The van der Waals surface area contributed by atoms with Gasteiger partial charge in [-0.1, -0.05) is 54.1 Å². The van der Waals surface area contributed by atoms with Gasteiger partial charge in [0.15, 0.2) is 0 Å². The minimum absolute atomic E-state index is 0.405. The van der Waals surface area contributed by atoms with Crippen LogP contribution < -0.4 is 0 Å². The lowest BCUT2D eigenvalue weighted by molar-refractivity contribution is 1.12. The van der Waals surface area contributed by atoms with Gasteiger partial charge in [-0.15, -0.1) is 0 Å². The van der Waals surface area contributed by atoms with E-state index in [-0.39, 0.29) is 0 Å². The number of hydrogen-bond acceptors (Lipinski definition) is 1. The molecular weight excluding hydrogens is 230 g/mol. The first-order valence-corrected chi connectivity index (χ1v) is 5.86. The molecule has 0 aliphatic heterocycles. The van der Waals surface area contributed by atoms with Gasteiger partial charge in [-0.2, -0.15) is 5.26 Å². The summed E-state index contributed by atoms with van der Waals surface area (Å²) < 4.78 is 0. The van der Waals surface area contributed by atoms with E-state index in [1.807, 2.05) is 36.4 Å². The van der Waals surface area contributed by atoms with Gasteiger partial charge in [0.1, 0.15) is 0 Å². The second-order valence-electron chi connectivity index (χ2n) is 3.87. The van der Waals surface area contributed by atoms with Crippen molar-refractivity contribution in [2.24, 2.45) is 0 Å². The standard InChI is InChI=1S/C15H12ClN/c16-15-8-4-7-13(9-10-17)14(15)11-12-5-2-1-3-6-12/h1-8H,9,11H2. The number of benzene rings is 2. The van der Waals surface area contributed by atoms with Gasteiger partial charge in [0, 0.05) is 5.02 Å². The minimum Gasteiger partial charge on any atom is -0.198 e. The number of nitriles is 1. The molecule has 0 saturated carbocycles. The number of hydrogen-bond donors (Lipinski definition) is 0. The van der Waals surface area contributed by atoms with E-state index in [2.05, 4.69) is 18.2 Å². The fourth-order valence-corrected chi connectivity index (χ4v) is 2.11. The maximum Gasteiger partial charge on any atom is 0.0669 e. The molecule has 0 heterocycles. The lowest BCUT2D eigenvalue weighted by Gasteiger charge is -2.09. The largest absolute Gasteiger partial charge is 0.198 e. The van der Waals surface area contributed by atoms with Crippen LogP contribution >= 0.6 is 11.6 Å². The van der Waals surface area contributed by atoms with Crippen LogP contribution in [0.25, 0.3) is 0 Å². The first kappa shape index (κ1) is 11.7. The zero-order valence-electron chi connectivity index (χ0n) is 9.36. The van der Waals surface area contributed by atoms with Crippen LogP contribution in [0.4, 0.5) is 0 Å². The molecule has 0 radical (unpaired) electrons. The maximum atomic E-state index is 8.81. The highest BCUT2D eigenvalue weighted by Crippen LogP contribution is 2.23. The van der Waals surface area contributed by atoms with Crippen molar-refractivity contribution >= 4 is 11.6 Å². The Morgan fingerprint density at radius 1 is 1.00 bits per heavy atom. The number of rotatable bonds is 3. The third-order valence-corrected chi connectivity index (χ3v) is 3.06. The fourth-order valence-electron chi connectivity index (χ4n) is 1.85. The summed E-state index contributed by atoms with van der Waals surface area (Å²) >= 11 is 6.21. The van der Waals surface area contributed by atoms with Crippen LogP contribution in [0.15, 0.2) is 48.5 Å². The first-order chi connectivity index (χ1) is 8.31. The van der Waals surface area contributed by atoms with Crippen LogP contribution in [0.3, 0.4) is 0 Å². The maximum absolute atomic E-state index is 8.81. The molecule has 0 aliphatic carbocycles. The van der Waals surface area contributed by atoms with E-state index in [1.165, 1.54) is 5.56 Å². The molecule has 0 aromatic heterocycles. The summed E-state index contributed by atoms with van der Waals surface area (Å²) in [7, 11) is 0. The normalized spacial score (nSPS) is 9.88. The van der Waals surface area contributed by atoms with Crippen molar-refractivity contribution in [3.05, 3.63) is 70.2 Å². The molecule has 0 aliphatic rings. The summed E-state index contributed by atoms with van der Waals surface area (Å²) in [6.45, 7) is 0. The van der Waals surface area contributed by atoms with Crippen molar-refractivity contribution in [1.29, 1.82) is 5.26 Å². The molecule has 2 heteroatoms. The topological polar surface area (TPSA) is 23.8 Å². The predicted octanol–water partition coefficient (Wildman–Crippen LogP) is 4.00. The van der Waals surface area contributed by atoms with E-state index in [0.29, 0.717) is 6.42 Å². The molecule has 0 amide bonds. The number of halogens is 1. The summed E-state index contributed by atoms with van der Waals surface area (Å²) in [6, 6.07) is 18.1. The highest BCUT2D eigenvalue weighted by molar-refractivity contribution is 6.31. The highest BCUT2D eigenvalue weighted by atomic mass is 35.5. The molecule has 0 atom stereocenters. The average molecular weight is 242 g/mol. The van der Waals surface area contributed by atoms with Crippen molar-refractivity contribution in [2.75, 3.05) is 0 Å². The molecule has 17 heavy (non-hydrogen) atoms. The van der Waals surface area contributed by atoms with Crippen molar-refractivity contribution in [3.63, 3.8) is 0 Å². The third-order valence-electron chi connectivity index (χ3n) is 2.71. The van der Waals surface area contributed by atoms with Gasteiger partial charge in [-0.25, -0.2) is 0 Å². The third kappa shape index (κ3) is 2.87. The molecule has 0 fully saturated rings. The van der Waals surface area contributed by atoms with Crippen molar-refractivity contribution < 1.29 is 0 Å². The van der Waals surface area contributed by atoms with E-state index in [0.717, 1.165) is 22.6 Å². The van der Waals surface area contributed by atoms with Crippen molar-refractivity contribution in [2.45, 2.75) is 12.8 Å². The van der Waals surface area contributed by atoms with Gasteiger partial charge in [0.25, 0.3) is 0 Å². The Labute approximate surface area is 106 Å². The second-order valence-corrected chi connectivity index (χ2v) is 4.28. The molecule has 1 nitrogen and oxygen atoms in total. The molecule has 2 aromatic carbocycles. The molecular formula is C15H12ClN. The summed E-state index contributed by atoms with van der Waals surface area (Å²) in [6.07, 6.45) is 1.18. The van der Waals surface area contributed by atoms with Crippen LogP contribution in [0.5, 0.6) is 0 Å². The van der Waals surface area contributed by atoms with E-state index in [9.17, 15) is 0 Å². The first-order valence-electron chi connectivity index (χ1n) is 5.48. The minimum atomic E-state index is 0.405. The van der Waals surface area contributed by atoms with Gasteiger partial charge in [-0.3, -0.25) is 0 Å². The van der Waals surface area contributed by atoms with Crippen LogP contribution in [-0.4, -0.2) is 0 Å². The van der Waals surface area contributed by atoms with E-state index in [1.54, 1.807) is 0 Å². The monoisotopic (exact) mass is 241 g/mol. The molecule has 0 spiro atoms. The molecule has 0 N–H and O–H groups in total. The zero-order valence-corrected chi connectivity index (χ0v) is 10.1. The van der Waals surface area contributed by atoms with Crippen LogP contribution in [0.1, 0.15) is 16.7 Å². The zero-order chi connectivity index (χ0) is 12.1. The van der Waals surface area contributed by atoms with Crippen LogP contribution in [0.2, 0.25) is 5.02 Å². The van der Waals surface area contributed by atoms with Gasteiger partial charge in [0.05, 0.1) is 12.5 Å². The van der Waals surface area contributed by atoms with Crippen molar-refractivity contribution in [1.82, 2.24) is 0 Å². The van der Waals surface area contributed by atoms with Gasteiger partial charge >= 0.3 is 0 Å². The SMILES string of the molecule is N#CCc1cccc(Cl)c1Cc1ccccc1. The predicted molar refractivity (Wildman–Crippen MR) is 70.0 cm³/mol. The smallest absolute Gasteiger partial charge is 0.0669 e. The average Bonchev–Trinajstić information content (AvgIpc) is 2.35. The highest BCUT2D eigenvalue weighted by Gasteiger charge is 2.07. The molecule has 84 valence electrons. The Bertz CT molecular complexity index is 541. The van der Waals surface area contributed by atoms with Crippen LogP contribution in [0, 0.1) is 11.3 Å².